The van der Waals surface area contributed by atoms with Crippen LogP contribution in [-0.4, -0.2) is 35.0 Å². The maximum absolute atomic E-state index is 15.6. The molecule has 0 saturated heterocycles. The minimum Gasteiger partial charge on any atom is -0.389 e. The summed E-state index contributed by atoms with van der Waals surface area (Å²) < 4.78 is 15.6. The van der Waals surface area contributed by atoms with Crippen LogP contribution in [0.5, 0.6) is 0 Å². The smallest absolute Gasteiger partial charge is 0.146 e. The van der Waals surface area contributed by atoms with Crippen LogP contribution in [0, 0.1) is 52.2 Å². The van der Waals surface area contributed by atoms with Crippen LogP contribution in [0.1, 0.15) is 98.0 Å². The summed E-state index contributed by atoms with van der Waals surface area (Å²) in [5.41, 5.74) is 1.58. The molecule has 1 aromatic carbocycles. The van der Waals surface area contributed by atoms with Crippen molar-refractivity contribution in [1.82, 2.24) is 0 Å². The molecular weight excluding hydrogens is 473 g/mol. The lowest BCUT2D eigenvalue weighted by atomic mass is 9.46. The van der Waals surface area contributed by atoms with Crippen molar-refractivity contribution in [2.45, 2.75) is 110 Å². The number of rotatable bonds is 3. The number of hydrogen-bond donors (Lipinski definition) is 2. The first-order chi connectivity index (χ1) is 17.7. The van der Waals surface area contributed by atoms with E-state index < -0.39 is 5.60 Å². The van der Waals surface area contributed by atoms with Gasteiger partial charge in [-0.3, -0.25) is 0 Å². The standard InChI is InChI=1S/C34H48FNO2/c1-21(2)36(7)30-13-9-23(19-29(30)35)27-20-33(6)28(14-15-34(33,38)17-16-32(3,4)5)26-11-8-22-18-24(37)10-12-25(22)31(26)27/h9,13,18-19,21,24-28,31,37-38H,8,10-12,14-15,20H2,1-7H3/t24?,25-,26-,27+,28-,31+,33-,34+/m0/s1. The second kappa shape index (κ2) is 9.67. The van der Waals surface area contributed by atoms with Gasteiger partial charge in [0, 0.05) is 23.9 Å². The van der Waals surface area contributed by atoms with Gasteiger partial charge in [-0.15, -0.1) is 0 Å². The third kappa shape index (κ3) is 4.62. The van der Waals surface area contributed by atoms with E-state index in [1.807, 2.05) is 18.0 Å². The molecule has 3 nitrogen and oxygen atoms in total. The molecule has 3 fully saturated rings. The van der Waals surface area contributed by atoms with E-state index >= 15 is 4.39 Å². The average Bonchev–Trinajstić information content (AvgIpc) is 3.11. The first kappa shape index (κ1) is 27.7. The molecule has 3 saturated carbocycles. The van der Waals surface area contributed by atoms with Crippen molar-refractivity contribution >= 4 is 5.69 Å². The Morgan fingerprint density at radius 1 is 1.11 bits per heavy atom. The van der Waals surface area contributed by atoms with Crippen molar-refractivity contribution in [3.63, 3.8) is 0 Å². The lowest BCUT2D eigenvalue weighted by Crippen LogP contribution is -2.54. The molecule has 1 aromatic rings. The van der Waals surface area contributed by atoms with Gasteiger partial charge in [0.05, 0.1) is 11.8 Å². The fraction of sp³-hybridized carbons (Fsp3) is 0.706. The van der Waals surface area contributed by atoms with Crippen molar-refractivity contribution < 1.29 is 14.6 Å². The van der Waals surface area contributed by atoms with Crippen molar-refractivity contribution in [2.75, 3.05) is 11.9 Å². The summed E-state index contributed by atoms with van der Waals surface area (Å²) >= 11 is 0. The van der Waals surface area contributed by atoms with Crippen LogP contribution in [0.2, 0.25) is 0 Å². The summed E-state index contributed by atoms with van der Waals surface area (Å²) in [7, 11) is 1.95. The Balaban J connectivity index is 1.60. The fourth-order valence-corrected chi connectivity index (χ4v) is 8.60. The molecule has 0 amide bonds. The highest BCUT2D eigenvalue weighted by molar-refractivity contribution is 5.50. The molecule has 0 heterocycles. The molecule has 2 N–H and O–H groups in total. The number of aliphatic hydroxyl groups is 2. The van der Waals surface area contributed by atoms with Crippen LogP contribution >= 0.6 is 0 Å². The Morgan fingerprint density at radius 2 is 1.84 bits per heavy atom. The van der Waals surface area contributed by atoms with E-state index in [1.165, 1.54) is 5.57 Å². The summed E-state index contributed by atoms with van der Waals surface area (Å²) in [6.07, 6.45) is 8.23. The van der Waals surface area contributed by atoms with Crippen LogP contribution < -0.4 is 4.90 Å². The molecule has 4 heteroatoms. The second-order valence-electron chi connectivity index (χ2n) is 14.4. The van der Waals surface area contributed by atoms with Crippen LogP contribution in [0.25, 0.3) is 0 Å². The highest BCUT2D eigenvalue weighted by Gasteiger charge is 2.64. The average molecular weight is 522 g/mol. The molecule has 8 atom stereocenters. The third-order valence-corrected chi connectivity index (χ3v) is 10.8. The molecule has 0 bridgehead atoms. The predicted octanol–water partition coefficient (Wildman–Crippen LogP) is 7.08. The van der Waals surface area contributed by atoms with Gasteiger partial charge >= 0.3 is 0 Å². The summed E-state index contributed by atoms with van der Waals surface area (Å²) in [6, 6.07) is 6.10. The number of hydrogen-bond acceptors (Lipinski definition) is 3. The fourth-order valence-electron chi connectivity index (χ4n) is 8.60. The van der Waals surface area contributed by atoms with Gasteiger partial charge in [-0.2, -0.15) is 0 Å². The maximum atomic E-state index is 15.6. The van der Waals surface area contributed by atoms with Gasteiger partial charge < -0.3 is 15.1 Å². The van der Waals surface area contributed by atoms with E-state index in [0.29, 0.717) is 35.8 Å². The van der Waals surface area contributed by atoms with Crippen molar-refractivity contribution in [3.05, 3.63) is 41.2 Å². The lowest BCUT2D eigenvalue weighted by Gasteiger charge is -2.58. The van der Waals surface area contributed by atoms with E-state index in [-0.39, 0.29) is 34.7 Å². The largest absolute Gasteiger partial charge is 0.389 e. The Kier molecular flexibility index (Phi) is 7.05. The highest BCUT2D eigenvalue weighted by atomic mass is 19.1. The molecule has 4 aliphatic rings. The van der Waals surface area contributed by atoms with Gasteiger partial charge in [-0.25, -0.2) is 4.39 Å². The SMILES string of the molecule is CC(C)N(C)c1ccc([C@H]2C[C@@]3(C)[C@@H](CC[C@@]3(O)C#CC(C)(C)C)[C@@H]3CCC4=CC(O)CC[C@@H]4[C@H]32)cc1F. The van der Waals surface area contributed by atoms with Crippen molar-refractivity contribution in [3.8, 4) is 11.8 Å². The third-order valence-electron chi connectivity index (χ3n) is 10.8. The normalized spacial score (nSPS) is 38.4. The molecule has 38 heavy (non-hydrogen) atoms. The molecule has 1 unspecified atom stereocenters. The summed E-state index contributed by atoms with van der Waals surface area (Å²) in [5, 5.41) is 22.6. The van der Waals surface area contributed by atoms with Crippen LogP contribution in [-0.2, 0) is 0 Å². The molecule has 0 aromatic heterocycles. The van der Waals surface area contributed by atoms with Crippen LogP contribution in [0.4, 0.5) is 10.1 Å². The molecular formula is C34H48FNO2. The first-order valence-corrected chi connectivity index (χ1v) is 14.9. The van der Waals surface area contributed by atoms with Gasteiger partial charge in [0.2, 0.25) is 0 Å². The summed E-state index contributed by atoms with van der Waals surface area (Å²) in [6.45, 7) is 12.7. The molecule has 5 rings (SSSR count). The van der Waals surface area contributed by atoms with E-state index in [4.69, 9.17) is 0 Å². The maximum Gasteiger partial charge on any atom is 0.146 e. The predicted molar refractivity (Wildman–Crippen MR) is 153 cm³/mol. The zero-order valence-corrected chi connectivity index (χ0v) is 24.5. The van der Waals surface area contributed by atoms with Crippen molar-refractivity contribution in [1.29, 1.82) is 0 Å². The van der Waals surface area contributed by atoms with Crippen LogP contribution in [0.3, 0.4) is 0 Å². The second-order valence-corrected chi connectivity index (χ2v) is 14.4. The molecule has 208 valence electrons. The number of allylic oxidation sites excluding steroid dienone is 1. The minimum atomic E-state index is -1.02. The monoisotopic (exact) mass is 521 g/mol. The van der Waals surface area contributed by atoms with Crippen molar-refractivity contribution in [2.24, 2.45) is 34.5 Å². The molecule has 4 aliphatic carbocycles. The Hall–Kier alpha value is -1.83. The summed E-state index contributed by atoms with van der Waals surface area (Å²) in [4.78, 5) is 1.99. The summed E-state index contributed by atoms with van der Waals surface area (Å²) in [5.74, 6) is 8.49. The van der Waals surface area contributed by atoms with Crippen LogP contribution in [0.15, 0.2) is 29.8 Å². The van der Waals surface area contributed by atoms with Gasteiger partial charge in [0.25, 0.3) is 0 Å². The van der Waals surface area contributed by atoms with Gasteiger partial charge in [0.15, 0.2) is 0 Å². The number of anilines is 1. The molecule has 0 spiro atoms. The van der Waals surface area contributed by atoms with E-state index in [9.17, 15) is 10.2 Å². The topological polar surface area (TPSA) is 43.7 Å². The van der Waals surface area contributed by atoms with E-state index in [1.54, 1.807) is 6.07 Å². The first-order valence-electron chi connectivity index (χ1n) is 14.9. The van der Waals surface area contributed by atoms with E-state index in [2.05, 4.69) is 65.5 Å². The van der Waals surface area contributed by atoms with Gasteiger partial charge in [0.1, 0.15) is 11.4 Å². The quantitative estimate of drug-likeness (QED) is 0.330. The Labute approximate surface area is 229 Å². The molecule has 0 radical (unpaired) electrons. The van der Waals surface area contributed by atoms with Gasteiger partial charge in [-0.1, -0.05) is 36.5 Å². The lowest BCUT2D eigenvalue weighted by molar-refractivity contribution is -0.0966. The van der Waals surface area contributed by atoms with Gasteiger partial charge in [-0.05, 0) is 127 Å². The number of benzene rings is 1. The molecule has 0 aliphatic heterocycles. The Morgan fingerprint density at radius 3 is 2.50 bits per heavy atom. The number of aliphatic hydroxyl groups excluding tert-OH is 1. The number of nitrogens with zero attached hydrogens (tertiary/aromatic N) is 1. The zero-order valence-electron chi connectivity index (χ0n) is 24.5. The zero-order chi connectivity index (χ0) is 27.6. The number of halogens is 1. The number of fused-ring (bicyclic) bond motifs is 5. The van der Waals surface area contributed by atoms with E-state index in [0.717, 1.165) is 44.1 Å². The Bertz CT molecular complexity index is 1160. The minimum absolute atomic E-state index is 0.152. The highest BCUT2D eigenvalue weighted by Crippen LogP contribution is 2.68.